The van der Waals surface area contributed by atoms with Crippen molar-refractivity contribution in [1.29, 1.82) is 0 Å². The van der Waals surface area contributed by atoms with E-state index in [4.69, 9.17) is 16.7 Å². The van der Waals surface area contributed by atoms with Crippen LogP contribution in [0.15, 0.2) is 47.0 Å². The average molecular weight is 424 g/mol. The summed E-state index contributed by atoms with van der Waals surface area (Å²) in [6.07, 6.45) is 1.41. The molecule has 1 heterocycles. The third kappa shape index (κ3) is 5.64. The molecule has 1 amide bonds. The Hall–Kier alpha value is -3.26. The van der Waals surface area contributed by atoms with Gasteiger partial charge in [-0.1, -0.05) is 60.1 Å². The molecule has 30 heavy (non-hydrogen) atoms. The highest BCUT2D eigenvalue weighted by Gasteiger charge is 2.11. The van der Waals surface area contributed by atoms with Gasteiger partial charge in [-0.2, -0.15) is 4.98 Å². The van der Waals surface area contributed by atoms with Crippen molar-refractivity contribution in [2.45, 2.75) is 40.0 Å². The molecule has 3 rings (SSSR count). The van der Waals surface area contributed by atoms with Crippen LogP contribution in [0.2, 0.25) is 0 Å². The lowest BCUT2D eigenvalue weighted by atomic mass is 10.1. The van der Waals surface area contributed by atoms with E-state index in [0.717, 1.165) is 34.4 Å². The van der Waals surface area contributed by atoms with Crippen molar-refractivity contribution >= 4 is 28.9 Å². The van der Waals surface area contributed by atoms with Gasteiger partial charge in [0, 0.05) is 24.1 Å². The van der Waals surface area contributed by atoms with E-state index in [0.29, 0.717) is 23.2 Å². The van der Waals surface area contributed by atoms with Crippen LogP contribution in [0.5, 0.6) is 0 Å². The fourth-order valence-corrected chi connectivity index (χ4v) is 3.09. The lowest BCUT2D eigenvalue weighted by Crippen LogP contribution is -2.44. The Morgan fingerprint density at radius 2 is 1.87 bits per heavy atom. The van der Waals surface area contributed by atoms with E-state index >= 15 is 0 Å². The second-order valence-corrected chi connectivity index (χ2v) is 7.38. The molecule has 0 fully saturated rings. The molecule has 0 radical (unpaired) electrons. The quantitative estimate of drug-likeness (QED) is 0.409. The summed E-state index contributed by atoms with van der Waals surface area (Å²) in [5, 5.41) is 7.45. The molecule has 3 aromatic rings. The highest BCUT2D eigenvalue weighted by atomic mass is 32.1. The summed E-state index contributed by atoms with van der Waals surface area (Å²) in [6, 6.07) is 13.9. The molecule has 0 aliphatic carbocycles. The summed E-state index contributed by atoms with van der Waals surface area (Å²) >= 11 is 5.29. The van der Waals surface area contributed by atoms with E-state index in [-0.39, 0.29) is 12.3 Å². The van der Waals surface area contributed by atoms with Gasteiger partial charge in [0.15, 0.2) is 5.11 Å². The first-order valence-corrected chi connectivity index (χ1v) is 10.2. The molecule has 0 unspecified atom stereocenters. The Bertz CT molecular complexity index is 1030. The summed E-state index contributed by atoms with van der Waals surface area (Å²) in [7, 11) is 0. The number of hydrogen-bond acceptors (Lipinski definition) is 5. The standard InChI is InChI=1S/C22H25N5O2S/c1-4-16-7-5-6-15(3)20(16)24-22(30)26-25-18(28)12-13-19-23-21(27-29-19)17-10-8-14(2)9-11-17/h5-11H,4,12-13H2,1-3H3,(H,25,28)(H2,24,26,30). The molecule has 0 spiro atoms. The van der Waals surface area contributed by atoms with Crippen LogP contribution in [0.25, 0.3) is 11.4 Å². The first-order chi connectivity index (χ1) is 14.5. The van der Waals surface area contributed by atoms with Gasteiger partial charge < -0.3 is 9.84 Å². The number of carbonyl (C=O) groups excluding carboxylic acids is 1. The smallest absolute Gasteiger partial charge is 0.238 e. The topological polar surface area (TPSA) is 92.1 Å². The zero-order chi connectivity index (χ0) is 21.5. The van der Waals surface area contributed by atoms with Gasteiger partial charge >= 0.3 is 0 Å². The van der Waals surface area contributed by atoms with E-state index in [1.165, 1.54) is 0 Å². The van der Waals surface area contributed by atoms with Crippen molar-refractivity contribution < 1.29 is 9.32 Å². The fraction of sp³-hybridized carbons (Fsp3) is 0.273. The number of carbonyl (C=O) groups is 1. The number of nitrogens with one attached hydrogen (secondary N) is 3. The number of nitrogens with zero attached hydrogens (tertiary/aromatic N) is 2. The molecule has 0 aliphatic heterocycles. The van der Waals surface area contributed by atoms with Crippen LogP contribution in [0, 0.1) is 13.8 Å². The van der Waals surface area contributed by atoms with Gasteiger partial charge in [-0.05, 0) is 43.6 Å². The number of aromatic nitrogens is 2. The largest absolute Gasteiger partial charge is 0.339 e. The zero-order valence-electron chi connectivity index (χ0n) is 17.3. The Labute approximate surface area is 181 Å². The summed E-state index contributed by atoms with van der Waals surface area (Å²) in [6.45, 7) is 6.11. The van der Waals surface area contributed by atoms with E-state index in [2.05, 4.69) is 33.2 Å². The molecule has 0 bridgehead atoms. The van der Waals surface area contributed by atoms with Crippen LogP contribution >= 0.6 is 12.2 Å². The molecule has 2 aromatic carbocycles. The predicted molar refractivity (Wildman–Crippen MR) is 121 cm³/mol. The minimum atomic E-state index is -0.227. The van der Waals surface area contributed by atoms with Crippen LogP contribution in [-0.4, -0.2) is 21.2 Å². The van der Waals surface area contributed by atoms with Crippen molar-refractivity contribution in [3.63, 3.8) is 0 Å². The molecule has 8 heteroatoms. The van der Waals surface area contributed by atoms with Crippen molar-refractivity contribution in [2.75, 3.05) is 5.32 Å². The minimum absolute atomic E-state index is 0.190. The summed E-state index contributed by atoms with van der Waals surface area (Å²) < 4.78 is 5.24. The summed E-state index contributed by atoms with van der Waals surface area (Å²) in [4.78, 5) is 16.5. The Morgan fingerprint density at radius 1 is 1.10 bits per heavy atom. The Morgan fingerprint density at radius 3 is 2.60 bits per heavy atom. The fourth-order valence-electron chi connectivity index (χ4n) is 2.93. The van der Waals surface area contributed by atoms with Gasteiger partial charge in [0.25, 0.3) is 0 Å². The molecule has 0 aliphatic rings. The molecule has 0 atom stereocenters. The number of amides is 1. The average Bonchev–Trinajstić information content (AvgIpc) is 3.21. The second kappa shape index (κ2) is 9.98. The maximum Gasteiger partial charge on any atom is 0.238 e. The lowest BCUT2D eigenvalue weighted by molar-refractivity contribution is -0.121. The third-order valence-corrected chi connectivity index (χ3v) is 4.84. The number of aryl methyl sites for hydroxylation is 4. The van der Waals surface area contributed by atoms with Crippen LogP contribution in [0.3, 0.4) is 0 Å². The van der Waals surface area contributed by atoms with Crippen LogP contribution in [0.4, 0.5) is 5.69 Å². The zero-order valence-corrected chi connectivity index (χ0v) is 18.1. The van der Waals surface area contributed by atoms with Gasteiger partial charge in [0.1, 0.15) is 0 Å². The second-order valence-electron chi connectivity index (χ2n) is 6.97. The maximum absolute atomic E-state index is 12.1. The molecular weight excluding hydrogens is 398 g/mol. The Kier molecular flexibility index (Phi) is 7.13. The lowest BCUT2D eigenvalue weighted by Gasteiger charge is -2.16. The Balaban J connectivity index is 1.46. The number of thiocarbonyl (C=S) groups is 1. The molecule has 0 saturated carbocycles. The highest BCUT2D eigenvalue weighted by Crippen LogP contribution is 2.21. The highest BCUT2D eigenvalue weighted by molar-refractivity contribution is 7.80. The van der Waals surface area contributed by atoms with E-state index < -0.39 is 0 Å². The molecule has 7 nitrogen and oxygen atoms in total. The van der Waals surface area contributed by atoms with Crippen molar-refractivity contribution in [1.82, 2.24) is 21.0 Å². The van der Waals surface area contributed by atoms with E-state index in [9.17, 15) is 4.79 Å². The molecule has 3 N–H and O–H groups in total. The maximum atomic E-state index is 12.1. The van der Waals surface area contributed by atoms with Crippen LogP contribution in [-0.2, 0) is 17.6 Å². The van der Waals surface area contributed by atoms with E-state index in [1.54, 1.807) is 0 Å². The molecular formula is C22H25N5O2S. The first kappa shape index (κ1) is 21.4. The summed E-state index contributed by atoms with van der Waals surface area (Å²) in [5.41, 5.74) is 10.6. The molecule has 156 valence electrons. The number of para-hydroxylation sites is 1. The van der Waals surface area contributed by atoms with E-state index in [1.807, 2.05) is 56.3 Å². The number of rotatable bonds is 6. The molecule has 1 aromatic heterocycles. The van der Waals surface area contributed by atoms with Crippen LogP contribution in [0.1, 0.15) is 35.9 Å². The predicted octanol–water partition coefficient (Wildman–Crippen LogP) is 3.87. The van der Waals surface area contributed by atoms with Gasteiger partial charge in [0.2, 0.25) is 17.6 Å². The van der Waals surface area contributed by atoms with Gasteiger partial charge in [-0.15, -0.1) is 0 Å². The monoisotopic (exact) mass is 423 g/mol. The van der Waals surface area contributed by atoms with Gasteiger partial charge in [-0.25, -0.2) is 0 Å². The van der Waals surface area contributed by atoms with Gasteiger partial charge in [0.05, 0.1) is 0 Å². The number of anilines is 1. The van der Waals surface area contributed by atoms with Crippen LogP contribution < -0.4 is 16.2 Å². The first-order valence-electron chi connectivity index (χ1n) is 9.80. The van der Waals surface area contributed by atoms with Crippen molar-refractivity contribution in [2.24, 2.45) is 0 Å². The van der Waals surface area contributed by atoms with Crippen molar-refractivity contribution in [3.8, 4) is 11.4 Å². The van der Waals surface area contributed by atoms with Gasteiger partial charge in [-0.3, -0.25) is 15.6 Å². The number of hydrazine groups is 1. The summed E-state index contributed by atoms with van der Waals surface area (Å²) in [5.74, 6) is 0.697. The minimum Gasteiger partial charge on any atom is -0.339 e. The number of hydrogen-bond donors (Lipinski definition) is 3. The van der Waals surface area contributed by atoms with Crippen molar-refractivity contribution in [3.05, 3.63) is 65.0 Å². The normalized spacial score (nSPS) is 10.5. The molecule has 0 saturated heterocycles. The number of benzene rings is 2. The third-order valence-electron chi connectivity index (χ3n) is 4.64. The SMILES string of the molecule is CCc1cccc(C)c1NC(=S)NNC(=O)CCc1nc(-c2ccc(C)cc2)no1.